The van der Waals surface area contributed by atoms with Gasteiger partial charge < -0.3 is 14.8 Å². The smallest absolute Gasteiger partial charge is 0.255 e. The number of ether oxygens (including phenoxy) is 2. The highest BCUT2D eigenvalue weighted by Crippen LogP contribution is 2.33. The minimum Gasteiger partial charge on any atom is -0.497 e. The van der Waals surface area contributed by atoms with Crippen LogP contribution in [0, 0.1) is 0 Å². The van der Waals surface area contributed by atoms with Gasteiger partial charge in [-0.2, -0.15) is 0 Å². The second-order valence-electron chi connectivity index (χ2n) is 4.71. The van der Waals surface area contributed by atoms with E-state index in [4.69, 9.17) is 9.47 Å². The lowest BCUT2D eigenvalue weighted by Crippen LogP contribution is -2.33. The fraction of sp³-hybridized carbons (Fsp3) is 0.267. The molecule has 0 aromatic heterocycles. The summed E-state index contributed by atoms with van der Waals surface area (Å²) < 4.78 is 11.0. The van der Waals surface area contributed by atoms with Crippen LogP contribution in [0.5, 0.6) is 11.5 Å². The highest BCUT2D eigenvalue weighted by atomic mass is 16.5. The van der Waals surface area contributed by atoms with Gasteiger partial charge in [-0.15, -0.1) is 0 Å². The first-order valence-electron chi connectivity index (χ1n) is 6.23. The molecule has 0 spiro atoms. The first-order chi connectivity index (χ1) is 9.19. The van der Waals surface area contributed by atoms with E-state index in [2.05, 4.69) is 5.32 Å². The van der Waals surface area contributed by atoms with E-state index in [1.807, 2.05) is 31.2 Å². The van der Waals surface area contributed by atoms with Crippen molar-refractivity contribution < 1.29 is 14.3 Å². The summed E-state index contributed by atoms with van der Waals surface area (Å²) in [6.45, 7) is 2.39. The van der Waals surface area contributed by atoms with E-state index in [9.17, 15) is 4.79 Å². The molecule has 2 aromatic carbocycles. The summed E-state index contributed by atoms with van der Waals surface area (Å²) in [6, 6.07) is 9.49. The Hall–Kier alpha value is -2.23. The van der Waals surface area contributed by atoms with Crippen LogP contribution in [-0.4, -0.2) is 25.7 Å². The molecule has 0 unspecified atom stereocenters. The van der Waals surface area contributed by atoms with Crippen molar-refractivity contribution in [3.8, 4) is 11.5 Å². The first-order valence-corrected chi connectivity index (χ1v) is 6.23. The molecule has 3 rings (SSSR count). The number of carbonyl (C=O) groups excluding carboxylic acids is 1. The Bertz CT molecular complexity index is 651. The number of methoxy groups -OCH3 is 1. The molecule has 1 N–H and O–H groups in total. The van der Waals surface area contributed by atoms with Crippen LogP contribution in [0.3, 0.4) is 0 Å². The van der Waals surface area contributed by atoms with Crippen LogP contribution >= 0.6 is 0 Å². The topological polar surface area (TPSA) is 47.6 Å². The minimum absolute atomic E-state index is 0.000516. The van der Waals surface area contributed by atoms with E-state index < -0.39 is 0 Å². The van der Waals surface area contributed by atoms with Gasteiger partial charge in [0.1, 0.15) is 18.1 Å². The molecule has 0 bridgehead atoms. The van der Waals surface area contributed by atoms with Gasteiger partial charge >= 0.3 is 0 Å². The van der Waals surface area contributed by atoms with Gasteiger partial charge in [-0.3, -0.25) is 4.79 Å². The normalized spacial score (nSPS) is 18.2. The Morgan fingerprint density at radius 1 is 1.32 bits per heavy atom. The summed E-state index contributed by atoms with van der Waals surface area (Å²) in [6.07, 6.45) is 0. The number of hydrogen-bond acceptors (Lipinski definition) is 3. The summed E-state index contributed by atoms with van der Waals surface area (Å²) in [5.74, 6) is 1.30. The summed E-state index contributed by atoms with van der Waals surface area (Å²) >= 11 is 0. The van der Waals surface area contributed by atoms with Crippen molar-refractivity contribution in [1.82, 2.24) is 5.32 Å². The maximum absolute atomic E-state index is 12.1. The Balaban J connectivity index is 2.24. The molecule has 19 heavy (non-hydrogen) atoms. The van der Waals surface area contributed by atoms with Crippen LogP contribution in [0.4, 0.5) is 0 Å². The molecule has 0 saturated carbocycles. The second kappa shape index (κ2) is 4.46. The largest absolute Gasteiger partial charge is 0.497 e. The summed E-state index contributed by atoms with van der Waals surface area (Å²) in [7, 11) is 1.62. The Kier molecular flexibility index (Phi) is 2.78. The van der Waals surface area contributed by atoms with E-state index in [1.165, 1.54) is 0 Å². The molecule has 0 saturated heterocycles. The SMILES string of the molecule is COc1ccc2ccc3c(c2c1)OC[C@H](C)NC3=O. The van der Waals surface area contributed by atoms with Gasteiger partial charge in [0, 0.05) is 5.39 Å². The van der Waals surface area contributed by atoms with Crippen molar-refractivity contribution in [3.63, 3.8) is 0 Å². The maximum Gasteiger partial charge on any atom is 0.255 e. The second-order valence-corrected chi connectivity index (χ2v) is 4.71. The average Bonchev–Trinajstić information content (AvgIpc) is 2.57. The van der Waals surface area contributed by atoms with Crippen molar-refractivity contribution in [1.29, 1.82) is 0 Å². The number of amides is 1. The lowest BCUT2D eigenvalue weighted by atomic mass is 10.0. The number of fused-ring (bicyclic) bond motifs is 3. The molecule has 1 heterocycles. The van der Waals surface area contributed by atoms with Crippen molar-refractivity contribution in [2.75, 3.05) is 13.7 Å². The van der Waals surface area contributed by atoms with Gasteiger partial charge in [0.05, 0.1) is 18.7 Å². The van der Waals surface area contributed by atoms with E-state index in [0.29, 0.717) is 17.9 Å². The Labute approximate surface area is 111 Å². The van der Waals surface area contributed by atoms with Gasteiger partial charge in [-0.25, -0.2) is 0 Å². The van der Waals surface area contributed by atoms with Crippen molar-refractivity contribution >= 4 is 16.7 Å². The van der Waals surface area contributed by atoms with Crippen LogP contribution in [-0.2, 0) is 0 Å². The summed E-state index contributed by atoms with van der Waals surface area (Å²) in [5.41, 5.74) is 0.574. The highest BCUT2D eigenvalue weighted by molar-refractivity contribution is 6.04. The lowest BCUT2D eigenvalue weighted by Gasteiger charge is -2.11. The molecular weight excluding hydrogens is 242 g/mol. The van der Waals surface area contributed by atoms with Gasteiger partial charge in [-0.05, 0) is 30.5 Å². The number of hydrogen-bond donors (Lipinski definition) is 1. The quantitative estimate of drug-likeness (QED) is 0.853. The number of carbonyl (C=O) groups is 1. The predicted octanol–water partition coefficient (Wildman–Crippen LogP) is 2.36. The minimum atomic E-state index is -0.0929. The van der Waals surface area contributed by atoms with Crippen LogP contribution in [0.2, 0.25) is 0 Å². The molecule has 1 atom stereocenters. The molecule has 0 radical (unpaired) electrons. The third kappa shape index (κ3) is 1.99. The molecule has 1 amide bonds. The average molecular weight is 257 g/mol. The van der Waals surface area contributed by atoms with Crippen molar-refractivity contribution in [2.45, 2.75) is 13.0 Å². The first kappa shape index (κ1) is 11.8. The van der Waals surface area contributed by atoms with Gasteiger partial charge in [0.2, 0.25) is 0 Å². The van der Waals surface area contributed by atoms with E-state index in [-0.39, 0.29) is 11.9 Å². The zero-order valence-corrected chi connectivity index (χ0v) is 10.9. The van der Waals surface area contributed by atoms with Crippen molar-refractivity contribution in [2.24, 2.45) is 0 Å². The number of rotatable bonds is 1. The monoisotopic (exact) mass is 257 g/mol. The number of nitrogens with one attached hydrogen (secondary N) is 1. The number of benzene rings is 2. The van der Waals surface area contributed by atoms with Crippen LogP contribution < -0.4 is 14.8 Å². The van der Waals surface area contributed by atoms with E-state index >= 15 is 0 Å². The molecule has 2 aromatic rings. The van der Waals surface area contributed by atoms with Crippen LogP contribution in [0.1, 0.15) is 17.3 Å². The summed E-state index contributed by atoms with van der Waals surface area (Å²) in [5, 5.41) is 4.83. The molecule has 0 aliphatic carbocycles. The van der Waals surface area contributed by atoms with Gasteiger partial charge in [-0.1, -0.05) is 12.1 Å². The van der Waals surface area contributed by atoms with E-state index in [0.717, 1.165) is 16.5 Å². The standard InChI is InChI=1S/C15H15NO3/c1-9-8-19-14-12(15(17)16-9)6-4-10-3-5-11(18-2)7-13(10)14/h3-7,9H,8H2,1-2H3,(H,16,17)/t9-/m0/s1. The molecule has 4 nitrogen and oxygen atoms in total. The predicted molar refractivity (Wildman–Crippen MR) is 72.9 cm³/mol. The molecule has 0 fully saturated rings. The molecular formula is C15H15NO3. The van der Waals surface area contributed by atoms with E-state index in [1.54, 1.807) is 13.2 Å². The Morgan fingerprint density at radius 3 is 2.89 bits per heavy atom. The summed E-state index contributed by atoms with van der Waals surface area (Å²) in [4.78, 5) is 12.1. The molecule has 1 aliphatic rings. The zero-order chi connectivity index (χ0) is 13.4. The fourth-order valence-electron chi connectivity index (χ4n) is 2.28. The fourth-order valence-corrected chi connectivity index (χ4v) is 2.28. The van der Waals surface area contributed by atoms with Crippen LogP contribution in [0.25, 0.3) is 10.8 Å². The maximum atomic E-state index is 12.1. The highest BCUT2D eigenvalue weighted by Gasteiger charge is 2.22. The third-order valence-electron chi connectivity index (χ3n) is 3.28. The molecule has 1 aliphatic heterocycles. The zero-order valence-electron chi connectivity index (χ0n) is 10.9. The van der Waals surface area contributed by atoms with Crippen molar-refractivity contribution in [3.05, 3.63) is 35.9 Å². The van der Waals surface area contributed by atoms with Gasteiger partial charge in [0.25, 0.3) is 5.91 Å². The lowest BCUT2D eigenvalue weighted by molar-refractivity contribution is 0.0942. The third-order valence-corrected chi connectivity index (χ3v) is 3.28. The molecule has 98 valence electrons. The molecule has 4 heteroatoms. The van der Waals surface area contributed by atoms with Crippen LogP contribution in [0.15, 0.2) is 30.3 Å². The van der Waals surface area contributed by atoms with Gasteiger partial charge in [0.15, 0.2) is 0 Å². The Morgan fingerprint density at radius 2 is 2.11 bits per heavy atom.